The van der Waals surface area contributed by atoms with E-state index in [1.807, 2.05) is 79.7 Å². The number of fused-ring (bicyclic) bond motifs is 1. The van der Waals surface area contributed by atoms with Gasteiger partial charge in [-0.3, -0.25) is 10.0 Å². The summed E-state index contributed by atoms with van der Waals surface area (Å²) in [4.78, 5) is 13.2. The van der Waals surface area contributed by atoms with Crippen LogP contribution in [-0.4, -0.2) is 16.2 Å². The van der Waals surface area contributed by atoms with Crippen molar-refractivity contribution in [3.05, 3.63) is 137 Å². The first-order chi connectivity index (χ1) is 17.8. The predicted octanol–water partition coefficient (Wildman–Crippen LogP) is 4.97. The van der Waals surface area contributed by atoms with Crippen molar-refractivity contribution in [2.75, 3.05) is 0 Å². The zero-order valence-corrected chi connectivity index (χ0v) is 20.8. The van der Waals surface area contributed by atoms with E-state index in [4.69, 9.17) is 4.42 Å². The highest BCUT2D eigenvalue weighted by Gasteiger charge is 2.31. The minimum absolute atomic E-state index is 0.0891. The van der Waals surface area contributed by atoms with Gasteiger partial charge in [0.25, 0.3) is 0 Å². The van der Waals surface area contributed by atoms with Crippen molar-refractivity contribution < 1.29 is 24.3 Å². The van der Waals surface area contributed by atoms with Crippen molar-refractivity contribution >= 4 is 16.9 Å². The number of carbonyl (C=O) groups excluding carboxylic acids is 1. The number of aromatic nitrogens is 1. The predicted molar refractivity (Wildman–Crippen MR) is 140 cm³/mol. The quantitative estimate of drug-likeness (QED) is 0.221. The third-order valence-corrected chi connectivity index (χ3v) is 6.74. The summed E-state index contributed by atoms with van der Waals surface area (Å²) in [7, 11) is 0. The number of aryl methyl sites for hydroxylation is 1. The Kier molecular flexibility index (Phi) is 6.51. The van der Waals surface area contributed by atoms with Crippen molar-refractivity contribution in [3.8, 4) is 0 Å². The number of aliphatic hydroxyl groups is 1. The van der Waals surface area contributed by atoms with Crippen LogP contribution in [0.5, 0.6) is 0 Å². The van der Waals surface area contributed by atoms with Gasteiger partial charge in [-0.1, -0.05) is 60.7 Å². The van der Waals surface area contributed by atoms with E-state index in [0.717, 1.165) is 32.4 Å². The topological polar surface area (TPSA) is 86.6 Å². The van der Waals surface area contributed by atoms with Gasteiger partial charge in [-0.05, 0) is 54.3 Å². The number of rotatable bonds is 7. The Balaban J connectivity index is 1.38. The molecular weight excluding hydrogens is 464 g/mol. The van der Waals surface area contributed by atoms with E-state index >= 15 is 0 Å². The first-order valence-corrected chi connectivity index (χ1v) is 12.2. The van der Waals surface area contributed by atoms with Gasteiger partial charge in [0.15, 0.2) is 0 Å². The van der Waals surface area contributed by atoms with Gasteiger partial charge >= 0.3 is 0 Å². The Morgan fingerprint density at radius 1 is 0.973 bits per heavy atom. The van der Waals surface area contributed by atoms with Crippen molar-refractivity contribution in [1.82, 2.24) is 5.32 Å². The first kappa shape index (κ1) is 24.3. The molecule has 2 atom stereocenters. The maximum absolute atomic E-state index is 13.2. The van der Waals surface area contributed by atoms with Crippen LogP contribution in [0.3, 0.4) is 0 Å². The smallest absolute Gasteiger partial charge is 0.225 e. The average molecular weight is 494 g/mol. The van der Waals surface area contributed by atoms with E-state index in [0.29, 0.717) is 16.9 Å². The number of nitrogens with one attached hydrogen (secondary N) is 1. The molecule has 2 unspecified atom stereocenters. The first-order valence-electron chi connectivity index (χ1n) is 12.2. The Morgan fingerprint density at radius 3 is 2.41 bits per heavy atom. The van der Waals surface area contributed by atoms with Crippen molar-refractivity contribution in [2.45, 2.75) is 31.9 Å². The van der Waals surface area contributed by atoms with Crippen LogP contribution in [-0.2, 0) is 16.8 Å². The van der Waals surface area contributed by atoms with Gasteiger partial charge in [-0.2, -0.15) is 0 Å². The van der Waals surface area contributed by atoms with E-state index in [1.165, 1.54) is 12.4 Å². The molecule has 2 heterocycles. The highest BCUT2D eigenvalue weighted by Crippen LogP contribution is 2.33. The molecule has 0 aliphatic carbocycles. The molecule has 2 aromatic heterocycles. The summed E-state index contributed by atoms with van der Waals surface area (Å²) in [6.45, 7) is 3.69. The van der Waals surface area contributed by atoms with Crippen LogP contribution in [0, 0.1) is 6.92 Å². The minimum atomic E-state index is -1.39. The molecule has 0 bridgehead atoms. The molecule has 0 spiro atoms. The van der Waals surface area contributed by atoms with Crippen LogP contribution < -0.4 is 10.0 Å². The SMILES string of the molecule is Cc1ccccc1C(NC(=O)Cc1ccc2oc(C(C)(O)c3cc[n+](O)cc3)cc2c1)c1ccccc1. The Bertz CT molecular complexity index is 1540. The zero-order valence-electron chi connectivity index (χ0n) is 20.8. The summed E-state index contributed by atoms with van der Waals surface area (Å²) >= 11 is 0. The number of benzene rings is 3. The Morgan fingerprint density at radius 2 is 1.68 bits per heavy atom. The van der Waals surface area contributed by atoms with Crippen LogP contribution in [0.1, 0.15) is 46.5 Å². The van der Waals surface area contributed by atoms with Gasteiger partial charge in [0.2, 0.25) is 18.3 Å². The third-order valence-electron chi connectivity index (χ3n) is 6.74. The lowest BCUT2D eigenvalue weighted by Crippen LogP contribution is -2.31. The molecule has 6 nitrogen and oxygen atoms in total. The van der Waals surface area contributed by atoms with Gasteiger partial charge in [0.1, 0.15) is 16.9 Å². The van der Waals surface area contributed by atoms with Crippen LogP contribution in [0.2, 0.25) is 0 Å². The van der Waals surface area contributed by atoms with Crippen LogP contribution in [0.25, 0.3) is 11.0 Å². The van der Waals surface area contributed by atoms with Crippen molar-refractivity contribution in [3.63, 3.8) is 0 Å². The molecule has 5 rings (SSSR count). The molecule has 6 heteroatoms. The molecule has 0 aliphatic heterocycles. The van der Waals surface area contributed by atoms with Crippen LogP contribution in [0.15, 0.2) is 108 Å². The number of pyridine rings is 1. The number of hydrogen-bond donors (Lipinski definition) is 3. The highest BCUT2D eigenvalue weighted by atomic mass is 16.5. The van der Waals surface area contributed by atoms with Gasteiger partial charge in [0, 0.05) is 27.8 Å². The fraction of sp³-hybridized carbons (Fsp3) is 0.161. The highest BCUT2D eigenvalue weighted by molar-refractivity contribution is 5.83. The van der Waals surface area contributed by atoms with E-state index in [2.05, 4.69) is 5.32 Å². The van der Waals surface area contributed by atoms with E-state index < -0.39 is 5.60 Å². The molecule has 1 amide bonds. The van der Waals surface area contributed by atoms with Gasteiger partial charge in [-0.25, -0.2) is 0 Å². The fourth-order valence-electron chi connectivity index (χ4n) is 4.62. The summed E-state index contributed by atoms with van der Waals surface area (Å²) in [6.07, 6.45) is 3.10. The number of nitrogens with zero attached hydrogens (tertiary/aromatic N) is 1. The Labute approximate surface area is 215 Å². The summed E-state index contributed by atoms with van der Waals surface area (Å²) < 4.78 is 6.86. The molecule has 0 saturated heterocycles. The van der Waals surface area contributed by atoms with Crippen LogP contribution >= 0.6 is 0 Å². The average Bonchev–Trinajstić information content (AvgIpc) is 3.33. The van der Waals surface area contributed by atoms with Gasteiger partial charge in [-0.15, -0.1) is 0 Å². The Hall–Kier alpha value is -4.42. The lowest BCUT2D eigenvalue weighted by molar-refractivity contribution is -0.904. The zero-order chi connectivity index (χ0) is 26.0. The maximum Gasteiger partial charge on any atom is 0.225 e. The van der Waals surface area contributed by atoms with E-state index in [1.54, 1.807) is 25.1 Å². The second-order valence-electron chi connectivity index (χ2n) is 9.47. The summed E-state index contributed by atoms with van der Waals surface area (Å²) in [5.74, 6) is 0.289. The molecule has 0 aliphatic rings. The summed E-state index contributed by atoms with van der Waals surface area (Å²) in [5.41, 5.74) is 3.86. The molecule has 3 aromatic carbocycles. The maximum atomic E-state index is 13.2. The summed E-state index contributed by atoms with van der Waals surface area (Å²) in [6, 6.07) is 28.4. The lowest BCUT2D eigenvalue weighted by Gasteiger charge is -2.22. The van der Waals surface area contributed by atoms with Crippen molar-refractivity contribution in [1.29, 1.82) is 0 Å². The molecule has 0 radical (unpaired) electrons. The second kappa shape index (κ2) is 9.91. The molecule has 37 heavy (non-hydrogen) atoms. The molecule has 0 fully saturated rings. The second-order valence-corrected chi connectivity index (χ2v) is 9.47. The molecule has 5 aromatic rings. The monoisotopic (exact) mass is 493 g/mol. The summed E-state index contributed by atoms with van der Waals surface area (Å²) in [5, 5.41) is 24.7. The number of amides is 1. The van der Waals surface area contributed by atoms with Gasteiger partial charge < -0.3 is 14.8 Å². The van der Waals surface area contributed by atoms with E-state index in [-0.39, 0.29) is 18.4 Å². The standard InChI is InChI=1S/C31H28N2O4/c1-21-8-6-7-11-26(21)30(23-9-4-3-5-10-23)32-29(34)19-22-12-13-27-24(18-22)20-28(37-27)31(2,35)25-14-16-33(36)17-15-25/h3-18,20,30,35H,19H2,1-2H3,(H-,32,34,36)/p+1. The van der Waals surface area contributed by atoms with Crippen LogP contribution in [0.4, 0.5) is 0 Å². The lowest BCUT2D eigenvalue weighted by atomic mass is 9.94. The minimum Gasteiger partial charge on any atom is -0.458 e. The largest absolute Gasteiger partial charge is 0.458 e. The van der Waals surface area contributed by atoms with Crippen molar-refractivity contribution in [2.24, 2.45) is 0 Å². The molecule has 186 valence electrons. The molecule has 0 saturated carbocycles. The molecular formula is C31H29N2O4+. The molecule has 3 N–H and O–H groups in total. The number of carbonyl (C=O) groups is 1. The van der Waals surface area contributed by atoms with Gasteiger partial charge in [0.05, 0.1) is 12.5 Å². The third kappa shape index (κ3) is 5.10. The fourth-order valence-corrected chi connectivity index (χ4v) is 4.62. The van der Waals surface area contributed by atoms with E-state index in [9.17, 15) is 15.1 Å². The number of hydrogen-bond acceptors (Lipinski definition) is 4. The normalized spacial score (nSPS) is 13.7. The number of furan rings is 1.